The predicted octanol–water partition coefficient (Wildman–Crippen LogP) is 3.58. The van der Waals surface area contributed by atoms with E-state index in [4.69, 9.17) is 23.2 Å². The van der Waals surface area contributed by atoms with E-state index >= 15 is 0 Å². The average molecular weight is 324 g/mol. The zero-order chi connectivity index (χ0) is 15.3. The van der Waals surface area contributed by atoms with E-state index in [1.165, 1.54) is 6.08 Å². The lowest BCUT2D eigenvalue weighted by Crippen LogP contribution is -2.48. The van der Waals surface area contributed by atoms with Crippen LogP contribution in [0.5, 0.6) is 0 Å². The van der Waals surface area contributed by atoms with Gasteiger partial charge in [-0.3, -0.25) is 0 Å². The maximum Gasteiger partial charge on any atom is 0.321 e. The van der Waals surface area contributed by atoms with Gasteiger partial charge in [-0.25, -0.2) is 9.59 Å². The molecule has 0 spiro atoms. The number of rotatable bonds is 3. The second-order valence-electron chi connectivity index (χ2n) is 4.37. The zero-order valence-corrected chi connectivity index (χ0v) is 12.3. The molecule has 0 saturated heterocycles. The van der Waals surface area contributed by atoms with Gasteiger partial charge in [0.2, 0.25) is 6.08 Å². The molecular weight excluding hydrogens is 313 g/mol. The van der Waals surface area contributed by atoms with Crippen LogP contribution >= 0.6 is 23.2 Å². The van der Waals surface area contributed by atoms with Crippen molar-refractivity contribution in [1.82, 2.24) is 5.32 Å². The number of carbonyl (C=O) groups is 1. The molecule has 0 aliphatic heterocycles. The molecule has 0 fully saturated rings. The highest BCUT2D eigenvalue weighted by Crippen LogP contribution is 2.26. The molecule has 108 valence electrons. The van der Waals surface area contributed by atoms with Crippen LogP contribution in [-0.2, 0) is 4.79 Å². The Balaban J connectivity index is 2.11. The van der Waals surface area contributed by atoms with Crippen LogP contribution in [0.4, 0.5) is 10.5 Å². The second-order valence-corrected chi connectivity index (χ2v) is 5.29. The summed E-state index contributed by atoms with van der Waals surface area (Å²) in [6, 6.07) is 6.15. The lowest BCUT2D eigenvalue weighted by molar-refractivity contribution is 0.243. The molecule has 21 heavy (non-hydrogen) atoms. The van der Waals surface area contributed by atoms with Crippen LogP contribution in [0.25, 0.3) is 0 Å². The standard InChI is InChI=1S/C14H11Cl2N3O2/c15-10-3-1-5-12(7-10)18-13(21)19-14(17-9-20)6-2-4-11(16)8-14/h1-7H,8H2,(H2,18,19,21). The maximum absolute atomic E-state index is 12.0. The lowest BCUT2D eigenvalue weighted by atomic mass is 10.0. The van der Waals surface area contributed by atoms with Gasteiger partial charge in [0.15, 0.2) is 5.66 Å². The van der Waals surface area contributed by atoms with Gasteiger partial charge in [0.1, 0.15) is 0 Å². The molecule has 1 atom stereocenters. The summed E-state index contributed by atoms with van der Waals surface area (Å²) < 4.78 is 0. The summed E-state index contributed by atoms with van der Waals surface area (Å²) in [7, 11) is 0. The van der Waals surface area contributed by atoms with E-state index in [9.17, 15) is 9.59 Å². The smallest absolute Gasteiger partial charge is 0.309 e. The van der Waals surface area contributed by atoms with Crippen LogP contribution in [0.2, 0.25) is 5.02 Å². The quantitative estimate of drug-likeness (QED) is 0.659. The van der Waals surface area contributed by atoms with Crippen LogP contribution in [0.15, 0.2) is 52.5 Å². The first-order valence-corrected chi connectivity index (χ1v) is 6.76. The van der Waals surface area contributed by atoms with E-state index in [0.29, 0.717) is 15.7 Å². The Morgan fingerprint density at radius 2 is 2.19 bits per heavy atom. The van der Waals surface area contributed by atoms with Gasteiger partial charge in [0.05, 0.1) is 0 Å². The summed E-state index contributed by atoms with van der Waals surface area (Å²) in [5.74, 6) is 0. The molecule has 2 amide bonds. The molecule has 1 aliphatic rings. The topological polar surface area (TPSA) is 70.6 Å². The minimum Gasteiger partial charge on any atom is -0.309 e. The lowest BCUT2D eigenvalue weighted by Gasteiger charge is -2.27. The zero-order valence-electron chi connectivity index (χ0n) is 10.8. The van der Waals surface area contributed by atoms with Crippen molar-refractivity contribution >= 4 is 41.0 Å². The van der Waals surface area contributed by atoms with E-state index < -0.39 is 11.7 Å². The summed E-state index contributed by atoms with van der Waals surface area (Å²) in [5.41, 5.74) is -0.706. The minimum absolute atomic E-state index is 0.184. The molecule has 0 bridgehead atoms. The highest BCUT2D eigenvalue weighted by molar-refractivity contribution is 6.31. The van der Waals surface area contributed by atoms with Crippen molar-refractivity contribution in [3.8, 4) is 0 Å². The molecule has 2 rings (SSSR count). The normalized spacial score (nSPS) is 20.2. The van der Waals surface area contributed by atoms with Crippen molar-refractivity contribution in [2.75, 3.05) is 5.32 Å². The number of amides is 2. The molecule has 2 N–H and O–H groups in total. The Hall–Kier alpha value is -2.07. The summed E-state index contributed by atoms with van der Waals surface area (Å²) >= 11 is 11.8. The van der Waals surface area contributed by atoms with Gasteiger partial charge in [-0.15, -0.1) is 0 Å². The first-order chi connectivity index (χ1) is 10.0. The van der Waals surface area contributed by atoms with Crippen molar-refractivity contribution in [3.63, 3.8) is 0 Å². The molecule has 1 aromatic carbocycles. The number of aliphatic imine (C=N–C) groups is 1. The van der Waals surface area contributed by atoms with E-state index in [-0.39, 0.29) is 6.42 Å². The molecular formula is C14H11Cl2N3O2. The largest absolute Gasteiger partial charge is 0.321 e. The Bertz CT molecular complexity index is 666. The fourth-order valence-corrected chi connectivity index (χ4v) is 2.35. The van der Waals surface area contributed by atoms with Crippen molar-refractivity contribution < 1.29 is 9.59 Å². The molecule has 7 heteroatoms. The monoisotopic (exact) mass is 323 g/mol. The second kappa shape index (κ2) is 6.59. The number of urea groups is 1. The number of anilines is 1. The molecule has 1 aromatic rings. The van der Waals surface area contributed by atoms with Gasteiger partial charge < -0.3 is 10.6 Å². The summed E-state index contributed by atoms with van der Waals surface area (Å²) in [4.78, 5) is 26.3. The van der Waals surface area contributed by atoms with Gasteiger partial charge in [0, 0.05) is 22.2 Å². The van der Waals surface area contributed by atoms with Crippen LogP contribution in [-0.4, -0.2) is 17.8 Å². The fraction of sp³-hybridized carbons (Fsp3) is 0.143. The minimum atomic E-state index is -1.23. The Kier molecular flexibility index (Phi) is 4.81. The number of nitrogens with zero attached hydrogens (tertiary/aromatic N) is 1. The Morgan fingerprint density at radius 3 is 2.86 bits per heavy atom. The highest BCUT2D eigenvalue weighted by atomic mass is 35.5. The average Bonchev–Trinajstić information content (AvgIpc) is 2.38. The van der Waals surface area contributed by atoms with E-state index in [0.717, 1.165) is 0 Å². The number of benzene rings is 1. The third kappa shape index (κ3) is 4.20. The molecule has 0 radical (unpaired) electrons. The highest BCUT2D eigenvalue weighted by Gasteiger charge is 2.31. The van der Waals surface area contributed by atoms with Crippen LogP contribution in [0.3, 0.4) is 0 Å². The number of nitrogens with one attached hydrogen (secondary N) is 2. The van der Waals surface area contributed by atoms with Crippen LogP contribution in [0.1, 0.15) is 6.42 Å². The Labute approximate surface area is 131 Å². The predicted molar refractivity (Wildman–Crippen MR) is 82.2 cm³/mol. The van der Waals surface area contributed by atoms with Gasteiger partial charge >= 0.3 is 6.03 Å². The van der Waals surface area contributed by atoms with Gasteiger partial charge in [0.25, 0.3) is 0 Å². The Morgan fingerprint density at radius 1 is 1.38 bits per heavy atom. The number of allylic oxidation sites excluding steroid dienone is 2. The first-order valence-electron chi connectivity index (χ1n) is 6.01. The number of hydrogen-bond donors (Lipinski definition) is 2. The van der Waals surface area contributed by atoms with Crippen molar-refractivity contribution in [1.29, 1.82) is 0 Å². The molecule has 0 aromatic heterocycles. The third-order valence-electron chi connectivity index (χ3n) is 2.75. The molecule has 1 aliphatic carbocycles. The number of halogens is 2. The van der Waals surface area contributed by atoms with Crippen LogP contribution < -0.4 is 10.6 Å². The molecule has 5 nitrogen and oxygen atoms in total. The third-order valence-corrected chi connectivity index (χ3v) is 3.24. The SMILES string of the molecule is O=C=NC1(NC(=O)Nc2cccc(Cl)c2)C=CC=C(Cl)C1. The number of carbonyl (C=O) groups excluding carboxylic acids is 2. The first kappa shape index (κ1) is 15.3. The van der Waals surface area contributed by atoms with Crippen molar-refractivity contribution in [2.24, 2.45) is 4.99 Å². The van der Waals surface area contributed by atoms with Gasteiger partial charge in [-0.2, -0.15) is 4.99 Å². The fourth-order valence-electron chi connectivity index (χ4n) is 1.88. The molecule has 0 heterocycles. The summed E-state index contributed by atoms with van der Waals surface area (Å²) in [6.45, 7) is 0. The summed E-state index contributed by atoms with van der Waals surface area (Å²) in [5, 5.41) is 6.17. The maximum atomic E-state index is 12.0. The molecule has 1 unspecified atom stereocenters. The van der Waals surface area contributed by atoms with Crippen molar-refractivity contribution in [3.05, 3.63) is 52.5 Å². The number of hydrogen-bond acceptors (Lipinski definition) is 3. The van der Waals surface area contributed by atoms with E-state index in [1.807, 2.05) is 0 Å². The van der Waals surface area contributed by atoms with Crippen molar-refractivity contribution in [2.45, 2.75) is 12.1 Å². The summed E-state index contributed by atoms with van der Waals surface area (Å²) in [6.07, 6.45) is 6.49. The van der Waals surface area contributed by atoms with E-state index in [1.54, 1.807) is 42.5 Å². The van der Waals surface area contributed by atoms with Gasteiger partial charge in [-0.1, -0.05) is 35.3 Å². The molecule has 0 saturated carbocycles. The van der Waals surface area contributed by atoms with Gasteiger partial charge in [-0.05, 0) is 30.4 Å². The van der Waals surface area contributed by atoms with E-state index in [2.05, 4.69) is 15.6 Å². The number of isocyanates is 1. The van der Waals surface area contributed by atoms with Crippen LogP contribution in [0, 0.1) is 0 Å².